The smallest absolute Gasteiger partial charge is 0.0639 e. The molecule has 0 aromatic rings. The standard InChI is InChI=1S/C11H21N3O/c1-10-8-13(5-3-4-12)6-7-14(10)9-11(2)15/h10-11,15H,3,5-9H2,1-2H3/t10-,11+/m0/s1. The maximum absolute atomic E-state index is 9.33. The number of β-amino-alcohol motifs (C(OH)–C–C–N with tert-alkyl or cyclic N) is 1. The van der Waals surface area contributed by atoms with Crippen LogP contribution in [0.4, 0.5) is 0 Å². The highest BCUT2D eigenvalue weighted by molar-refractivity contribution is 4.82. The molecule has 4 nitrogen and oxygen atoms in total. The molecule has 0 unspecified atom stereocenters. The van der Waals surface area contributed by atoms with Gasteiger partial charge in [0.1, 0.15) is 0 Å². The second kappa shape index (κ2) is 6.06. The number of nitriles is 1. The van der Waals surface area contributed by atoms with E-state index in [0.29, 0.717) is 12.5 Å². The molecule has 1 fully saturated rings. The minimum absolute atomic E-state index is 0.252. The molecule has 86 valence electrons. The Morgan fingerprint density at radius 1 is 1.53 bits per heavy atom. The van der Waals surface area contributed by atoms with Crippen molar-refractivity contribution < 1.29 is 5.11 Å². The molecule has 1 rings (SSSR count). The molecule has 2 atom stereocenters. The van der Waals surface area contributed by atoms with Gasteiger partial charge < -0.3 is 5.11 Å². The highest BCUT2D eigenvalue weighted by Crippen LogP contribution is 2.10. The van der Waals surface area contributed by atoms with Crippen molar-refractivity contribution in [1.82, 2.24) is 9.80 Å². The quantitative estimate of drug-likeness (QED) is 0.726. The van der Waals surface area contributed by atoms with Gasteiger partial charge in [0.05, 0.1) is 12.2 Å². The average molecular weight is 211 g/mol. The van der Waals surface area contributed by atoms with Gasteiger partial charge in [0.25, 0.3) is 0 Å². The zero-order chi connectivity index (χ0) is 11.3. The SMILES string of the molecule is C[C@@H](O)CN1CCN(CCC#N)C[C@@H]1C. The van der Waals surface area contributed by atoms with E-state index in [1.54, 1.807) is 0 Å². The molecule has 0 aromatic carbocycles. The fraction of sp³-hybridized carbons (Fsp3) is 0.909. The van der Waals surface area contributed by atoms with Crippen LogP contribution in [0, 0.1) is 11.3 Å². The molecule has 0 aliphatic carbocycles. The second-order valence-electron chi connectivity index (χ2n) is 4.40. The van der Waals surface area contributed by atoms with Crippen LogP contribution in [0.5, 0.6) is 0 Å². The van der Waals surface area contributed by atoms with E-state index in [4.69, 9.17) is 5.26 Å². The van der Waals surface area contributed by atoms with E-state index in [1.807, 2.05) is 6.92 Å². The molecule has 0 saturated carbocycles. The molecule has 1 saturated heterocycles. The molecule has 1 N–H and O–H groups in total. The molecule has 1 aliphatic rings. The van der Waals surface area contributed by atoms with E-state index in [9.17, 15) is 5.11 Å². The van der Waals surface area contributed by atoms with Gasteiger partial charge in [-0.3, -0.25) is 9.80 Å². The van der Waals surface area contributed by atoms with Crippen LogP contribution in [0.15, 0.2) is 0 Å². The maximum Gasteiger partial charge on any atom is 0.0639 e. The summed E-state index contributed by atoms with van der Waals surface area (Å²) < 4.78 is 0. The fourth-order valence-electron chi connectivity index (χ4n) is 2.09. The number of nitrogens with zero attached hydrogens (tertiary/aromatic N) is 3. The number of rotatable bonds is 4. The molecule has 0 spiro atoms. The number of hydrogen-bond acceptors (Lipinski definition) is 4. The predicted octanol–water partition coefficient (Wildman–Crippen LogP) is 0.287. The minimum atomic E-state index is -0.252. The van der Waals surface area contributed by atoms with Crippen LogP contribution in [-0.4, -0.2) is 59.8 Å². The monoisotopic (exact) mass is 211 g/mol. The summed E-state index contributed by atoms with van der Waals surface area (Å²) in [5.41, 5.74) is 0. The molecule has 0 bridgehead atoms. The third-order valence-electron chi connectivity index (χ3n) is 2.89. The summed E-state index contributed by atoms with van der Waals surface area (Å²) in [7, 11) is 0. The Labute approximate surface area is 92.1 Å². The highest BCUT2D eigenvalue weighted by Gasteiger charge is 2.23. The molecule has 0 aromatic heterocycles. The van der Waals surface area contributed by atoms with Crippen LogP contribution in [0.1, 0.15) is 20.3 Å². The van der Waals surface area contributed by atoms with Gasteiger partial charge in [-0.05, 0) is 13.8 Å². The van der Waals surface area contributed by atoms with Crippen molar-refractivity contribution in [2.24, 2.45) is 0 Å². The minimum Gasteiger partial charge on any atom is -0.392 e. The molecule has 0 amide bonds. The third-order valence-corrected chi connectivity index (χ3v) is 2.89. The van der Waals surface area contributed by atoms with Crippen molar-refractivity contribution in [1.29, 1.82) is 5.26 Å². The Bertz CT molecular complexity index is 224. The molecule has 15 heavy (non-hydrogen) atoms. The van der Waals surface area contributed by atoms with Gasteiger partial charge in [-0.15, -0.1) is 0 Å². The van der Waals surface area contributed by atoms with Gasteiger partial charge in [-0.25, -0.2) is 0 Å². The van der Waals surface area contributed by atoms with Gasteiger partial charge in [0.2, 0.25) is 0 Å². The zero-order valence-corrected chi connectivity index (χ0v) is 9.69. The summed E-state index contributed by atoms with van der Waals surface area (Å²) in [4.78, 5) is 4.64. The molecule has 1 aliphatic heterocycles. The van der Waals surface area contributed by atoms with Crippen LogP contribution in [0.2, 0.25) is 0 Å². The predicted molar refractivity (Wildman–Crippen MR) is 59.4 cm³/mol. The summed E-state index contributed by atoms with van der Waals surface area (Å²) in [6, 6.07) is 2.66. The first-order valence-electron chi connectivity index (χ1n) is 5.65. The largest absolute Gasteiger partial charge is 0.392 e. The summed E-state index contributed by atoms with van der Waals surface area (Å²) >= 11 is 0. The fourth-order valence-corrected chi connectivity index (χ4v) is 2.09. The molecule has 1 heterocycles. The van der Waals surface area contributed by atoms with E-state index in [-0.39, 0.29) is 6.10 Å². The lowest BCUT2D eigenvalue weighted by atomic mass is 10.1. The second-order valence-corrected chi connectivity index (χ2v) is 4.40. The van der Waals surface area contributed by atoms with Crippen LogP contribution < -0.4 is 0 Å². The van der Waals surface area contributed by atoms with E-state index < -0.39 is 0 Å². The normalized spacial score (nSPS) is 26.1. The Morgan fingerprint density at radius 3 is 2.80 bits per heavy atom. The van der Waals surface area contributed by atoms with Crippen molar-refractivity contribution in [2.75, 3.05) is 32.7 Å². The van der Waals surface area contributed by atoms with Crippen molar-refractivity contribution >= 4 is 0 Å². The van der Waals surface area contributed by atoms with Gasteiger partial charge in [-0.1, -0.05) is 0 Å². The number of aliphatic hydroxyl groups excluding tert-OH is 1. The molecular weight excluding hydrogens is 190 g/mol. The highest BCUT2D eigenvalue weighted by atomic mass is 16.3. The lowest BCUT2D eigenvalue weighted by molar-refractivity contribution is 0.0460. The Hall–Kier alpha value is -0.630. The van der Waals surface area contributed by atoms with Gasteiger partial charge >= 0.3 is 0 Å². The summed E-state index contributed by atoms with van der Waals surface area (Å²) in [5.74, 6) is 0. The van der Waals surface area contributed by atoms with E-state index in [2.05, 4.69) is 22.8 Å². The van der Waals surface area contributed by atoms with Crippen LogP contribution in [0.3, 0.4) is 0 Å². The van der Waals surface area contributed by atoms with E-state index in [0.717, 1.165) is 32.7 Å². The van der Waals surface area contributed by atoms with Gasteiger partial charge in [0, 0.05) is 45.2 Å². The number of hydrogen-bond donors (Lipinski definition) is 1. The Kier molecular flexibility index (Phi) is 5.03. The lowest BCUT2D eigenvalue weighted by Gasteiger charge is -2.40. The summed E-state index contributed by atoms with van der Waals surface area (Å²) in [5, 5.41) is 17.8. The van der Waals surface area contributed by atoms with E-state index in [1.165, 1.54) is 0 Å². The maximum atomic E-state index is 9.33. The van der Waals surface area contributed by atoms with Crippen LogP contribution in [0.25, 0.3) is 0 Å². The zero-order valence-electron chi connectivity index (χ0n) is 9.69. The van der Waals surface area contributed by atoms with Crippen LogP contribution >= 0.6 is 0 Å². The molecular formula is C11H21N3O. The number of aliphatic hydroxyl groups is 1. The van der Waals surface area contributed by atoms with Crippen molar-refractivity contribution in [3.8, 4) is 6.07 Å². The Balaban J connectivity index is 2.31. The Morgan fingerprint density at radius 2 is 2.27 bits per heavy atom. The summed E-state index contributed by atoms with van der Waals surface area (Å²) in [6.45, 7) is 8.66. The van der Waals surface area contributed by atoms with E-state index >= 15 is 0 Å². The first-order chi connectivity index (χ1) is 7.13. The lowest BCUT2D eigenvalue weighted by Crippen LogP contribution is -2.53. The average Bonchev–Trinajstić information content (AvgIpc) is 2.18. The number of piperazine rings is 1. The third kappa shape index (κ3) is 4.17. The first-order valence-corrected chi connectivity index (χ1v) is 5.65. The van der Waals surface area contributed by atoms with Crippen LogP contribution in [-0.2, 0) is 0 Å². The first kappa shape index (κ1) is 12.4. The molecule has 4 heteroatoms. The summed E-state index contributed by atoms with van der Waals surface area (Å²) in [6.07, 6.45) is 0.362. The van der Waals surface area contributed by atoms with Gasteiger partial charge in [-0.2, -0.15) is 5.26 Å². The van der Waals surface area contributed by atoms with Gasteiger partial charge in [0.15, 0.2) is 0 Å². The topological polar surface area (TPSA) is 50.5 Å². The van der Waals surface area contributed by atoms with Crippen molar-refractivity contribution in [3.05, 3.63) is 0 Å². The molecule has 0 radical (unpaired) electrons. The van der Waals surface area contributed by atoms with Crippen molar-refractivity contribution in [2.45, 2.75) is 32.4 Å². The van der Waals surface area contributed by atoms with Crippen molar-refractivity contribution in [3.63, 3.8) is 0 Å².